The molecule has 0 aliphatic carbocycles. The summed E-state index contributed by atoms with van der Waals surface area (Å²) in [7, 11) is -3.52. The Morgan fingerprint density at radius 3 is 2.38 bits per heavy atom. The number of aromatic nitrogens is 1. The van der Waals surface area contributed by atoms with Gasteiger partial charge in [0.25, 0.3) is 5.91 Å². The SMILES string of the molecule is Cc1ccc(S(=O)(=O)N2CCN(C(=O)c3ccc[nH]3)CC2)c(C)c1. The largest absolute Gasteiger partial charge is 0.357 e. The Bertz CT molecular complexity index is 836. The molecule has 0 radical (unpaired) electrons. The van der Waals surface area contributed by atoms with Crippen LogP contribution >= 0.6 is 0 Å². The number of benzene rings is 1. The number of carbonyl (C=O) groups excluding carboxylic acids is 1. The van der Waals surface area contributed by atoms with Crippen LogP contribution in [0.15, 0.2) is 41.4 Å². The van der Waals surface area contributed by atoms with Gasteiger partial charge in [-0.25, -0.2) is 8.42 Å². The zero-order chi connectivity index (χ0) is 17.3. The third-order valence-corrected chi connectivity index (χ3v) is 6.36. The van der Waals surface area contributed by atoms with Crippen LogP contribution in [0.5, 0.6) is 0 Å². The molecule has 1 aromatic heterocycles. The van der Waals surface area contributed by atoms with E-state index in [4.69, 9.17) is 0 Å². The number of H-pyrrole nitrogens is 1. The fourth-order valence-corrected chi connectivity index (χ4v) is 4.62. The minimum atomic E-state index is -3.52. The summed E-state index contributed by atoms with van der Waals surface area (Å²) >= 11 is 0. The molecule has 3 rings (SSSR count). The molecule has 128 valence electrons. The number of amides is 1. The normalized spacial score (nSPS) is 16.3. The van der Waals surface area contributed by atoms with Crippen molar-refractivity contribution < 1.29 is 13.2 Å². The van der Waals surface area contributed by atoms with Gasteiger partial charge in [-0.15, -0.1) is 0 Å². The molecule has 0 unspecified atom stereocenters. The number of hydrogen-bond acceptors (Lipinski definition) is 3. The van der Waals surface area contributed by atoms with E-state index >= 15 is 0 Å². The second-order valence-electron chi connectivity index (χ2n) is 6.05. The van der Waals surface area contributed by atoms with Crippen molar-refractivity contribution >= 4 is 15.9 Å². The number of hydrogen-bond donors (Lipinski definition) is 1. The summed E-state index contributed by atoms with van der Waals surface area (Å²) in [6, 6.07) is 8.84. The molecule has 0 spiro atoms. The predicted molar refractivity (Wildman–Crippen MR) is 91.4 cm³/mol. The maximum atomic E-state index is 12.8. The maximum absolute atomic E-state index is 12.8. The lowest BCUT2D eigenvalue weighted by molar-refractivity contribution is 0.0692. The van der Waals surface area contributed by atoms with Gasteiger partial charge in [0.1, 0.15) is 5.69 Å². The van der Waals surface area contributed by atoms with Gasteiger partial charge in [-0.1, -0.05) is 17.7 Å². The first-order valence-corrected chi connectivity index (χ1v) is 9.33. The van der Waals surface area contributed by atoms with Crippen molar-refractivity contribution in [3.05, 3.63) is 53.3 Å². The van der Waals surface area contributed by atoms with E-state index in [-0.39, 0.29) is 5.91 Å². The summed E-state index contributed by atoms with van der Waals surface area (Å²) in [6.07, 6.45) is 1.70. The number of aromatic amines is 1. The third kappa shape index (κ3) is 3.09. The van der Waals surface area contributed by atoms with Crippen molar-refractivity contribution in [2.24, 2.45) is 0 Å². The van der Waals surface area contributed by atoms with Gasteiger partial charge in [0.05, 0.1) is 4.90 Å². The van der Waals surface area contributed by atoms with Crippen LogP contribution in [-0.4, -0.2) is 54.7 Å². The second-order valence-corrected chi connectivity index (χ2v) is 7.96. The highest BCUT2D eigenvalue weighted by Gasteiger charge is 2.31. The number of aryl methyl sites for hydroxylation is 2. The minimum Gasteiger partial charge on any atom is -0.357 e. The van der Waals surface area contributed by atoms with Crippen LogP contribution in [0, 0.1) is 13.8 Å². The average Bonchev–Trinajstić information content (AvgIpc) is 3.08. The fourth-order valence-electron chi connectivity index (χ4n) is 2.99. The number of nitrogens with zero attached hydrogens (tertiary/aromatic N) is 2. The van der Waals surface area contributed by atoms with Crippen LogP contribution in [-0.2, 0) is 10.0 Å². The first kappa shape index (κ1) is 16.7. The highest BCUT2D eigenvalue weighted by atomic mass is 32.2. The number of sulfonamides is 1. The molecule has 1 aliphatic heterocycles. The van der Waals surface area contributed by atoms with Crippen LogP contribution < -0.4 is 0 Å². The lowest BCUT2D eigenvalue weighted by Crippen LogP contribution is -2.50. The number of piperazine rings is 1. The van der Waals surface area contributed by atoms with E-state index in [1.54, 1.807) is 29.3 Å². The van der Waals surface area contributed by atoms with Crippen molar-refractivity contribution in [1.29, 1.82) is 0 Å². The molecule has 1 saturated heterocycles. The zero-order valence-corrected chi connectivity index (χ0v) is 14.6. The van der Waals surface area contributed by atoms with Gasteiger partial charge < -0.3 is 9.88 Å². The molecule has 1 fully saturated rings. The average molecular weight is 347 g/mol. The van der Waals surface area contributed by atoms with Crippen molar-refractivity contribution in [2.75, 3.05) is 26.2 Å². The van der Waals surface area contributed by atoms with Crippen molar-refractivity contribution in [3.8, 4) is 0 Å². The molecular weight excluding hydrogens is 326 g/mol. The van der Waals surface area contributed by atoms with E-state index in [0.29, 0.717) is 36.8 Å². The van der Waals surface area contributed by atoms with Crippen LogP contribution in [0.3, 0.4) is 0 Å². The van der Waals surface area contributed by atoms with E-state index in [1.165, 1.54) is 4.31 Å². The Balaban J connectivity index is 1.73. The Hall–Kier alpha value is -2.12. The summed E-state index contributed by atoms with van der Waals surface area (Å²) in [5.74, 6) is -0.0939. The molecule has 0 bridgehead atoms. The van der Waals surface area contributed by atoms with E-state index < -0.39 is 10.0 Å². The topological polar surface area (TPSA) is 73.5 Å². The summed E-state index contributed by atoms with van der Waals surface area (Å²) < 4.78 is 27.1. The Morgan fingerprint density at radius 2 is 1.79 bits per heavy atom. The van der Waals surface area contributed by atoms with E-state index in [1.807, 2.05) is 26.0 Å². The molecule has 1 aliphatic rings. The highest BCUT2D eigenvalue weighted by Crippen LogP contribution is 2.22. The predicted octanol–water partition coefficient (Wildman–Crippen LogP) is 1.78. The molecule has 6 nitrogen and oxygen atoms in total. The smallest absolute Gasteiger partial charge is 0.270 e. The molecule has 1 aromatic carbocycles. The third-order valence-electron chi connectivity index (χ3n) is 4.30. The first-order chi connectivity index (χ1) is 11.4. The molecule has 7 heteroatoms. The zero-order valence-electron chi connectivity index (χ0n) is 13.8. The van der Waals surface area contributed by atoms with Gasteiger partial charge >= 0.3 is 0 Å². The number of rotatable bonds is 3. The lowest BCUT2D eigenvalue weighted by atomic mass is 10.2. The van der Waals surface area contributed by atoms with Crippen molar-refractivity contribution in [3.63, 3.8) is 0 Å². The van der Waals surface area contributed by atoms with Gasteiger partial charge in [-0.2, -0.15) is 4.31 Å². The van der Waals surface area contributed by atoms with Gasteiger partial charge in [0.2, 0.25) is 10.0 Å². The first-order valence-electron chi connectivity index (χ1n) is 7.89. The standard InChI is InChI=1S/C17H21N3O3S/c1-13-5-6-16(14(2)12-13)24(22,23)20-10-8-19(9-11-20)17(21)15-4-3-7-18-15/h3-7,12,18H,8-11H2,1-2H3. The van der Waals surface area contributed by atoms with Gasteiger partial charge in [-0.05, 0) is 37.6 Å². The second kappa shape index (κ2) is 6.41. The van der Waals surface area contributed by atoms with Gasteiger partial charge in [0.15, 0.2) is 0 Å². The lowest BCUT2D eigenvalue weighted by Gasteiger charge is -2.34. The van der Waals surface area contributed by atoms with Gasteiger partial charge in [-0.3, -0.25) is 4.79 Å². The Morgan fingerprint density at radius 1 is 1.08 bits per heavy atom. The van der Waals surface area contributed by atoms with Crippen LogP contribution in [0.25, 0.3) is 0 Å². The molecule has 1 N–H and O–H groups in total. The summed E-state index contributed by atoms with van der Waals surface area (Å²) in [4.78, 5) is 17.2. The monoisotopic (exact) mass is 347 g/mol. The molecular formula is C17H21N3O3S. The van der Waals surface area contributed by atoms with E-state index in [2.05, 4.69) is 4.98 Å². The quantitative estimate of drug-likeness (QED) is 0.920. The number of nitrogens with one attached hydrogen (secondary N) is 1. The fraction of sp³-hybridized carbons (Fsp3) is 0.353. The Labute approximate surface area is 142 Å². The highest BCUT2D eigenvalue weighted by molar-refractivity contribution is 7.89. The van der Waals surface area contributed by atoms with Crippen LogP contribution in [0.2, 0.25) is 0 Å². The minimum absolute atomic E-state index is 0.0939. The molecule has 0 saturated carbocycles. The summed E-state index contributed by atoms with van der Waals surface area (Å²) in [5, 5.41) is 0. The van der Waals surface area contributed by atoms with Crippen LogP contribution in [0.1, 0.15) is 21.6 Å². The van der Waals surface area contributed by atoms with Crippen molar-refractivity contribution in [1.82, 2.24) is 14.2 Å². The summed E-state index contributed by atoms with van der Waals surface area (Å²) in [6.45, 7) is 5.15. The molecule has 0 atom stereocenters. The van der Waals surface area contributed by atoms with E-state index in [9.17, 15) is 13.2 Å². The molecule has 2 heterocycles. The van der Waals surface area contributed by atoms with Gasteiger partial charge in [0, 0.05) is 32.4 Å². The molecule has 24 heavy (non-hydrogen) atoms. The molecule has 1 amide bonds. The summed E-state index contributed by atoms with van der Waals surface area (Å²) in [5.41, 5.74) is 2.31. The Kier molecular flexibility index (Phi) is 4.47. The maximum Gasteiger partial charge on any atom is 0.270 e. The van der Waals surface area contributed by atoms with E-state index in [0.717, 1.165) is 11.1 Å². The van der Waals surface area contributed by atoms with Crippen LogP contribution in [0.4, 0.5) is 0 Å². The number of carbonyl (C=O) groups is 1. The van der Waals surface area contributed by atoms with Crippen molar-refractivity contribution in [2.45, 2.75) is 18.7 Å². The molecule has 2 aromatic rings.